The van der Waals surface area contributed by atoms with Gasteiger partial charge in [-0.2, -0.15) is 0 Å². The molecular weight excluding hydrogens is 408 g/mol. The second-order valence-electron chi connectivity index (χ2n) is 5.71. The summed E-state index contributed by atoms with van der Waals surface area (Å²) in [7, 11) is 0. The van der Waals surface area contributed by atoms with Crippen LogP contribution in [0.2, 0.25) is 20.1 Å². The van der Waals surface area contributed by atoms with Crippen LogP contribution in [0.1, 0.15) is 6.92 Å². The van der Waals surface area contributed by atoms with Crippen molar-refractivity contribution in [1.29, 1.82) is 0 Å². The highest BCUT2D eigenvalue weighted by Crippen LogP contribution is 2.40. The predicted octanol–water partition coefficient (Wildman–Crippen LogP) is 3.89. The van der Waals surface area contributed by atoms with Crippen LogP contribution >= 0.6 is 46.4 Å². The van der Waals surface area contributed by atoms with Gasteiger partial charge in [-0.05, 0) is 13.0 Å². The number of hydrogen-bond donors (Lipinski definition) is 1. The van der Waals surface area contributed by atoms with Crippen molar-refractivity contribution in [2.75, 3.05) is 57.8 Å². The third-order valence-corrected chi connectivity index (χ3v) is 5.54. The summed E-state index contributed by atoms with van der Waals surface area (Å²) in [6.07, 6.45) is 0. The molecule has 0 unspecified atom stereocenters. The molecule has 0 atom stereocenters. The Morgan fingerprint density at radius 3 is 2.20 bits per heavy atom. The van der Waals surface area contributed by atoms with E-state index >= 15 is 0 Å². The summed E-state index contributed by atoms with van der Waals surface area (Å²) >= 11 is 24.2. The summed E-state index contributed by atoms with van der Waals surface area (Å²) in [6.45, 7) is 8.09. The molecular formula is C16H21Cl4N3O2. The lowest BCUT2D eigenvalue weighted by molar-refractivity contribution is -0.117. The number of carbonyl (C=O) groups is 1. The SMILES string of the molecule is CCOCCN1CCN(CC(=O)Nc2c(Cl)c(Cl)cc(Cl)c2Cl)CC1. The van der Waals surface area contributed by atoms with E-state index in [-0.39, 0.29) is 38.2 Å². The van der Waals surface area contributed by atoms with Crippen LogP contribution < -0.4 is 5.32 Å². The van der Waals surface area contributed by atoms with Crippen molar-refractivity contribution < 1.29 is 9.53 Å². The minimum Gasteiger partial charge on any atom is -0.380 e. The van der Waals surface area contributed by atoms with E-state index in [4.69, 9.17) is 51.1 Å². The third-order valence-electron chi connectivity index (χ3n) is 3.96. The molecule has 2 rings (SSSR count). The fraction of sp³-hybridized carbons (Fsp3) is 0.562. The first-order valence-corrected chi connectivity index (χ1v) is 9.58. The molecule has 0 saturated carbocycles. The Bertz CT molecular complexity index is 581. The second kappa shape index (κ2) is 10.2. The first-order chi connectivity index (χ1) is 11.9. The number of nitrogens with zero attached hydrogens (tertiary/aromatic N) is 2. The number of amides is 1. The maximum atomic E-state index is 12.3. The standard InChI is InChI=1S/C16H21Cl4N3O2/c1-2-25-8-7-22-3-5-23(6-4-22)10-13(24)21-16-14(19)11(17)9-12(18)15(16)20/h9H,2-8,10H2,1H3,(H,21,24). The van der Waals surface area contributed by atoms with Crippen molar-refractivity contribution >= 4 is 58.0 Å². The molecule has 0 aromatic heterocycles. The molecule has 1 aliphatic rings. The number of halogens is 4. The zero-order valence-corrected chi connectivity index (χ0v) is 17.0. The average molecular weight is 429 g/mol. The minimum absolute atomic E-state index is 0.185. The number of piperazine rings is 1. The number of rotatable bonds is 7. The second-order valence-corrected chi connectivity index (χ2v) is 7.28. The molecule has 140 valence electrons. The number of anilines is 1. The Balaban J connectivity index is 1.84. The fourth-order valence-electron chi connectivity index (χ4n) is 2.57. The monoisotopic (exact) mass is 427 g/mol. The average Bonchev–Trinajstić information content (AvgIpc) is 2.59. The highest BCUT2D eigenvalue weighted by atomic mass is 35.5. The van der Waals surface area contributed by atoms with Gasteiger partial charge in [0.15, 0.2) is 0 Å². The van der Waals surface area contributed by atoms with Crippen molar-refractivity contribution in [3.63, 3.8) is 0 Å². The van der Waals surface area contributed by atoms with Crippen molar-refractivity contribution in [1.82, 2.24) is 9.80 Å². The van der Waals surface area contributed by atoms with E-state index < -0.39 is 0 Å². The van der Waals surface area contributed by atoms with Crippen molar-refractivity contribution in [3.8, 4) is 0 Å². The van der Waals surface area contributed by atoms with Gasteiger partial charge in [-0.25, -0.2) is 0 Å². The van der Waals surface area contributed by atoms with Gasteiger partial charge in [0, 0.05) is 39.3 Å². The van der Waals surface area contributed by atoms with E-state index in [0.29, 0.717) is 0 Å². The normalized spacial score (nSPS) is 16.2. The minimum atomic E-state index is -0.204. The summed E-state index contributed by atoms with van der Waals surface area (Å²) in [4.78, 5) is 16.7. The number of benzene rings is 1. The Morgan fingerprint density at radius 2 is 1.64 bits per heavy atom. The van der Waals surface area contributed by atoms with Crippen molar-refractivity contribution in [2.24, 2.45) is 0 Å². The lowest BCUT2D eigenvalue weighted by Gasteiger charge is -2.34. The van der Waals surface area contributed by atoms with Gasteiger partial charge in [0.25, 0.3) is 0 Å². The van der Waals surface area contributed by atoms with Gasteiger partial charge in [-0.1, -0.05) is 46.4 Å². The highest BCUT2D eigenvalue weighted by molar-refractivity contribution is 6.50. The van der Waals surface area contributed by atoms with Gasteiger partial charge in [0.2, 0.25) is 5.91 Å². The Hall–Kier alpha value is -0.270. The summed E-state index contributed by atoms with van der Waals surface area (Å²) in [6, 6.07) is 1.45. The molecule has 1 aliphatic heterocycles. The van der Waals surface area contributed by atoms with Gasteiger partial charge in [-0.3, -0.25) is 14.6 Å². The van der Waals surface area contributed by atoms with Crippen LogP contribution in [-0.2, 0) is 9.53 Å². The third kappa shape index (κ3) is 6.14. The van der Waals surface area contributed by atoms with E-state index in [2.05, 4.69) is 15.1 Å². The maximum absolute atomic E-state index is 12.3. The van der Waals surface area contributed by atoms with Crippen LogP contribution in [-0.4, -0.2) is 68.2 Å². The molecule has 0 spiro atoms. The number of ether oxygens (including phenoxy) is 1. The van der Waals surface area contributed by atoms with Crippen LogP contribution in [0.3, 0.4) is 0 Å². The van der Waals surface area contributed by atoms with E-state index in [1.54, 1.807) is 0 Å². The quantitative estimate of drug-likeness (QED) is 0.528. The fourth-order valence-corrected chi connectivity index (χ4v) is 3.48. The van der Waals surface area contributed by atoms with E-state index in [1.165, 1.54) is 6.07 Å². The van der Waals surface area contributed by atoms with Gasteiger partial charge in [0.1, 0.15) is 0 Å². The Morgan fingerprint density at radius 1 is 1.08 bits per heavy atom. The molecule has 5 nitrogen and oxygen atoms in total. The number of carbonyl (C=O) groups excluding carboxylic acids is 1. The smallest absolute Gasteiger partial charge is 0.238 e. The van der Waals surface area contributed by atoms with E-state index in [0.717, 1.165) is 45.9 Å². The highest BCUT2D eigenvalue weighted by Gasteiger charge is 2.21. The van der Waals surface area contributed by atoms with Crippen molar-refractivity contribution in [3.05, 3.63) is 26.2 Å². The summed E-state index contributed by atoms with van der Waals surface area (Å²) in [5, 5.41) is 3.57. The summed E-state index contributed by atoms with van der Waals surface area (Å²) in [5.74, 6) is -0.204. The van der Waals surface area contributed by atoms with Gasteiger partial charge < -0.3 is 10.1 Å². The van der Waals surface area contributed by atoms with E-state index in [1.807, 2.05) is 6.92 Å². The number of nitrogens with one attached hydrogen (secondary N) is 1. The zero-order valence-electron chi connectivity index (χ0n) is 14.0. The predicted molar refractivity (Wildman–Crippen MR) is 104 cm³/mol. The van der Waals surface area contributed by atoms with Crippen LogP contribution in [0, 0.1) is 0 Å². The molecule has 9 heteroatoms. The molecule has 1 aromatic carbocycles. The maximum Gasteiger partial charge on any atom is 0.238 e. The van der Waals surface area contributed by atoms with Gasteiger partial charge >= 0.3 is 0 Å². The molecule has 0 radical (unpaired) electrons. The zero-order chi connectivity index (χ0) is 18.4. The lowest BCUT2D eigenvalue weighted by atomic mass is 10.3. The molecule has 1 aromatic rings. The molecule has 0 bridgehead atoms. The molecule has 1 heterocycles. The molecule has 1 fully saturated rings. The van der Waals surface area contributed by atoms with Crippen molar-refractivity contribution in [2.45, 2.75) is 6.92 Å². The Kier molecular flexibility index (Phi) is 8.55. The summed E-state index contributed by atoms with van der Waals surface area (Å²) in [5.41, 5.74) is 0.251. The summed E-state index contributed by atoms with van der Waals surface area (Å²) < 4.78 is 5.37. The van der Waals surface area contributed by atoms with Crippen LogP contribution in [0.4, 0.5) is 5.69 Å². The molecule has 0 aliphatic carbocycles. The lowest BCUT2D eigenvalue weighted by Crippen LogP contribution is -2.49. The molecule has 1 amide bonds. The molecule has 25 heavy (non-hydrogen) atoms. The first-order valence-electron chi connectivity index (χ1n) is 8.07. The largest absolute Gasteiger partial charge is 0.380 e. The molecule has 1 N–H and O–H groups in total. The van der Waals surface area contributed by atoms with Crippen LogP contribution in [0.5, 0.6) is 0 Å². The first kappa shape index (κ1) is 21.0. The number of hydrogen-bond acceptors (Lipinski definition) is 4. The van der Waals surface area contributed by atoms with Crippen LogP contribution in [0.15, 0.2) is 6.07 Å². The van der Waals surface area contributed by atoms with Gasteiger partial charge in [0.05, 0.1) is 38.9 Å². The van der Waals surface area contributed by atoms with Crippen LogP contribution in [0.25, 0.3) is 0 Å². The van der Waals surface area contributed by atoms with E-state index in [9.17, 15) is 4.79 Å². The molecule has 1 saturated heterocycles. The topological polar surface area (TPSA) is 44.8 Å². The Labute approximate surface area is 168 Å². The van der Waals surface area contributed by atoms with Gasteiger partial charge in [-0.15, -0.1) is 0 Å².